The molecule has 2 N–H and O–H groups in total. The van der Waals surface area contributed by atoms with E-state index in [1.807, 2.05) is 0 Å². The third-order valence-corrected chi connectivity index (χ3v) is 4.01. The number of nitrogens with one attached hydrogen (secondary N) is 1. The summed E-state index contributed by atoms with van der Waals surface area (Å²) in [4.78, 5) is 22.5. The Hall–Kier alpha value is -1.95. The molecule has 1 amide bonds. The van der Waals surface area contributed by atoms with Crippen LogP contribution in [0.25, 0.3) is 0 Å². The maximum Gasteiger partial charge on any atom is 0.282 e. The van der Waals surface area contributed by atoms with Crippen molar-refractivity contribution < 1.29 is 14.8 Å². The second kappa shape index (κ2) is 6.67. The Bertz CT molecular complexity index is 538. The lowest BCUT2D eigenvalue weighted by Crippen LogP contribution is -2.35. The lowest BCUT2D eigenvalue weighted by Gasteiger charge is -2.18. The molecular formula is C15H20N2O4. The van der Waals surface area contributed by atoms with Crippen LogP contribution in [-0.2, 0) is 0 Å². The Morgan fingerprint density at radius 3 is 2.76 bits per heavy atom. The summed E-state index contributed by atoms with van der Waals surface area (Å²) in [5, 5.41) is 23.6. The van der Waals surface area contributed by atoms with Crippen LogP contribution in [0.4, 0.5) is 5.69 Å². The van der Waals surface area contributed by atoms with E-state index < -0.39 is 16.9 Å². The molecule has 0 aromatic heterocycles. The van der Waals surface area contributed by atoms with E-state index >= 15 is 0 Å². The Balaban J connectivity index is 2.02. The summed E-state index contributed by atoms with van der Waals surface area (Å²) in [5.74, 6) is -0.291. The fraction of sp³-hybridized carbons (Fsp3) is 0.533. The van der Waals surface area contributed by atoms with Crippen LogP contribution in [0.5, 0.6) is 0 Å². The smallest absolute Gasteiger partial charge is 0.282 e. The molecule has 0 heterocycles. The highest BCUT2D eigenvalue weighted by Gasteiger charge is 2.25. The number of carbonyl (C=O) groups is 1. The molecule has 0 aliphatic heterocycles. The number of aliphatic hydroxyl groups is 1. The van der Waals surface area contributed by atoms with Crippen molar-refractivity contribution in [2.45, 2.75) is 38.7 Å². The molecule has 1 unspecified atom stereocenters. The molecule has 1 aromatic carbocycles. The molecule has 1 atom stereocenters. The Morgan fingerprint density at radius 2 is 2.14 bits per heavy atom. The van der Waals surface area contributed by atoms with Gasteiger partial charge in [0.25, 0.3) is 11.6 Å². The molecular weight excluding hydrogens is 272 g/mol. The van der Waals surface area contributed by atoms with Crippen LogP contribution in [0.3, 0.4) is 0 Å². The number of nitrogens with zero attached hydrogens (tertiary/aromatic N) is 1. The molecule has 1 fully saturated rings. The maximum absolute atomic E-state index is 12.1. The van der Waals surface area contributed by atoms with Crippen LogP contribution in [0.15, 0.2) is 18.2 Å². The molecule has 2 rings (SSSR count). The van der Waals surface area contributed by atoms with Crippen LogP contribution < -0.4 is 5.32 Å². The normalized spacial score (nSPS) is 16.7. The standard InChI is InChI=1S/C15H20N2O4/c1-10-6-7-13(17(20)21)12(8-10)15(19)16-9-14(18)11-4-2-3-5-11/h6-8,11,14,18H,2-5,9H2,1H3,(H,16,19). The number of aryl methyl sites for hydroxylation is 1. The number of benzene rings is 1. The molecule has 1 aromatic rings. The van der Waals surface area contributed by atoms with E-state index in [2.05, 4.69) is 5.32 Å². The molecule has 1 aliphatic carbocycles. The quantitative estimate of drug-likeness (QED) is 0.642. The van der Waals surface area contributed by atoms with Crippen molar-refractivity contribution in [2.24, 2.45) is 5.92 Å². The first kappa shape index (κ1) is 15.4. The fourth-order valence-electron chi connectivity index (χ4n) is 2.79. The molecule has 6 heteroatoms. The van der Waals surface area contributed by atoms with Gasteiger partial charge in [-0.15, -0.1) is 0 Å². The van der Waals surface area contributed by atoms with Gasteiger partial charge in [0.05, 0.1) is 11.0 Å². The largest absolute Gasteiger partial charge is 0.391 e. The zero-order chi connectivity index (χ0) is 15.4. The van der Waals surface area contributed by atoms with Gasteiger partial charge in [0.2, 0.25) is 0 Å². The van der Waals surface area contributed by atoms with Crippen molar-refractivity contribution >= 4 is 11.6 Å². The molecule has 0 radical (unpaired) electrons. The van der Waals surface area contributed by atoms with E-state index in [-0.39, 0.29) is 23.7 Å². The first-order valence-corrected chi connectivity index (χ1v) is 7.20. The van der Waals surface area contributed by atoms with E-state index in [0.29, 0.717) is 0 Å². The Kier molecular flexibility index (Phi) is 4.90. The average molecular weight is 292 g/mol. The van der Waals surface area contributed by atoms with Gasteiger partial charge in [0.15, 0.2) is 0 Å². The third kappa shape index (κ3) is 3.78. The molecule has 0 bridgehead atoms. The van der Waals surface area contributed by atoms with E-state index in [1.165, 1.54) is 12.1 Å². The number of amides is 1. The van der Waals surface area contributed by atoms with Gasteiger partial charge in [0.1, 0.15) is 5.56 Å². The number of aliphatic hydroxyl groups excluding tert-OH is 1. The second-order valence-electron chi connectivity index (χ2n) is 5.60. The molecule has 21 heavy (non-hydrogen) atoms. The van der Waals surface area contributed by atoms with Crippen molar-refractivity contribution in [1.29, 1.82) is 0 Å². The van der Waals surface area contributed by atoms with Crippen molar-refractivity contribution in [3.05, 3.63) is 39.4 Å². The van der Waals surface area contributed by atoms with Gasteiger partial charge in [-0.1, -0.05) is 18.9 Å². The predicted molar refractivity (Wildman–Crippen MR) is 78.1 cm³/mol. The highest BCUT2D eigenvalue weighted by atomic mass is 16.6. The van der Waals surface area contributed by atoms with Crippen molar-refractivity contribution in [2.75, 3.05) is 6.54 Å². The number of nitro groups is 1. The SMILES string of the molecule is Cc1ccc([N+](=O)[O-])c(C(=O)NCC(O)C2CCCC2)c1. The van der Waals surface area contributed by atoms with Gasteiger partial charge in [0, 0.05) is 12.6 Å². The molecule has 0 saturated heterocycles. The number of hydrogen-bond donors (Lipinski definition) is 2. The predicted octanol–water partition coefficient (Wildman–Crippen LogP) is 2.18. The highest BCUT2D eigenvalue weighted by molar-refractivity contribution is 5.98. The number of carbonyl (C=O) groups excluding carboxylic acids is 1. The number of rotatable bonds is 5. The van der Waals surface area contributed by atoms with Crippen LogP contribution in [0.2, 0.25) is 0 Å². The summed E-state index contributed by atoms with van der Waals surface area (Å²) < 4.78 is 0. The van der Waals surface area contributed by atoms with Gasteiger partial charge in [-0.05, 0) is 37.3 Å². The maximum atomic E-state index is 12.1. The minimum Gasteiger partial charge on any atom is -0.391 e. The van der Waals surface area contributed by atoms with Gasteiger partial charge in [-0.25, -0.2) is 0 Å². The zero-order valence-corrected chi connectivity index (χ0v) is 12.0. The van der Waals surface area contributed by atoms with E-state index in [9.17, 15) is 20.0 Å². The lowest BCUT2D eigenvalue weighted by molar-refractivity contribution is -0.385. The molecule has 6 nitrogen and oxygen atoms in total. The van der Waals surface area contributed by atoms with Gasteiger partial charge < -0.3 is 10.4 Å². The van der Waals surface area contributed by atoms with Crippen LogP contribution in [0, 0.1) is 23.0 Å². The highest BCUT2D eigenvalue weighted by Crippen LogP contribution is 2.27. The van der Waals surface area contributed by atoms with Gasteiger partial charge in [-0.3, -0.25) is 14.9 Å². The van der Waals surface area contributed by atoms with Crippen molar-refractivity contribution in [3.63, 3.8) is 0 Å². The Labute approximate surface area is 123 Å². The average Bonchev–Trinajstić information content (AvgIpc) is 2.98. The summed E-state index contributed by atoms with van der Waals surface area (Å²) in [7, 11) is 0. The summed E-state index contributed by atoms with van der Waals surface area (Å²) in [5.41, 5.74) is 0.606. The number of nitro benzene ring substituents is 1. The van der Waals surface area contributed by atoms with Crippen molar-refractivity contribution in [1.82, 2.24) is 5.32 Å². The minimum absolute atomic E-state index is 0.0404. The molecule has 114 valence electrons. The lowest BCUT2D eigenvalue weighted by atomic mass is 10.0. The van der Waals surface area contributed by atoms with Crippen molar-refractivity contribution in [3.8, 4) is 0 Å². The summed E-state index contributed by atoms with van der Waals surface area (Å²) in [6, 6.07) is 4.43. The second-order valence-corrected chi connectivity index (χ2v) is 5.60. The third-order valence-electron chi connectivity index (χ3n) is 4.01. The van der Waals surface area contributed by atoms with E-state index in [0.717, 1.165) is 31.2 Å². The van der Waals surface area contributed by atoms with Gasteiger partial charge >= 0.3 is 0 Å². The number of hydrogen-bond acceptors (Lipinski definition) is 4. The summed E-state index contributed by atoms with van der Waals surface area (Å²) in [6.07, 6.45) is 3.58. The first-order valence-electron chi connectivity index (χ1n) is 7.20. The molecule has 0 spiro atoms. The fourth-order valence-corrected chi connectivity index (χ4v) is 2.79. The van der Waals surface area contributed by atoms with Crippen LogP contribution in [0.1, 0.15) is 41.6 Å². The van der Waals surface area contributed by atoms with Crippen LogP contribution >= 0.6 is 0 Å². The van der Waals surface area contributed by atoms with E-state index in [4.69, 9.17) is 0 Å². The molecule has 1 aliphatic rings. The topological polar surface area (TPSA) is 92.5 Å². The Morgan fingerprint density at radius 1 is 1.48 bits per heavy atom. The summed E-state index contributed by atoms with van der Waals surface area (Å²) in [6.45, 7) is 1.91. The summed E-state index contributed by atoms with van der Waals surface area (Å²) >= 11 is 0. The van der Waals surface area contributed by atoms with E-state index in [1.54, 1.807) is 13.0 Å². The monoisotopic (exact) mass is 292 g/mol. The van der Waals surface area contributed by atoms with Crippen LogP contribution in [-0.4, -0.2) is 28.6 Å². The zero-order valence-electron chi connectivity index (χ0n) is 12.0. The molecule has 1 saturated carbocycles. The van der Waals surface area contributed by atoms with Gasteiger partial charge in [-0.2, -0.15) is 0 Å². The first-order chi connectivity index (χ1) is 9.99. The minimum atomic E-state index is -0.583.